The maximum atomic E-state index is 13.0. The number of aliphatic hydroxyl groups excluding tert-OH is 2. The van der Waals surface area contributed by atoms with Gasteiger partial charge in [0.1, 0.15) is 12.1 Å². The van der Waals surface area contributed by atoms with E-state index in [1.807, 2.05) is 19.1 Å². The first kappa shape index (κ1) is 50.8. The number of nitrogens with two attached hydrogens (primary N) is 4. The first-order chi connectivity index (χ1) is 22.3. The molecule has 3 atom stereocenters. The first-order valence-corrected chi connectivity index (χ1v) is 16.6. The number of rotatable bonds is 21. The molecule has 0 spiro atoms. The maximum Gasteiger partial charge on any atom is 0.243 e. The van der Waals surface area contributed by atoms with Crippen LogP contribution in [0.1, 0.15) is 80.1 Å². The zero-order valence-electron chi connectivity index (χ0n) is 30.2. The number of nitrogens with one attached hydrogen (secondary N) is 3. The first-order valence-electron chi connectivity index (χ1n) is 16.6. The van der Waals surface area contributed by atoms with Crippen LogP contribution < -0.4 is 38.9 Å². The van der Waals surface area contributed by atoms with Gasteiger partial charge >= 0.3 is 0 Å². The van der Waals surface area contributed by atoms with Crippen LogP contribution in [-0.2, 0) is 14.4 Å². The lowest BCUT2D eigenvalue weighted by molar-refractivity contribution is -0.132. The third-order valence-electron chi connectivity index (χ3n) is 5.96. The van der Waals surface area contributed by atoms with Crippen molar-refractivity contribution in [1.29, 1.82) is 0 Å². The summed E-state index contributed by atoms with van der Waals surface area (Å²) in [5, 5.41) is 24.3. The summed E-state index contributed by atoms with van der Waals surface area (Å²) in [6, 6.07) is -2.35. The molecule has 13 heteroatoms. The summed E-state index contributed by atoms with van der Waals surface area (Å²) in [5.74, 6) is -0.784. The molecule has 0 aromatic carbocycles. The van der Waals surface area contributed by atoms with E-state index in [2.05, 4.69) is 47.9 Å². The Morgan fingerprint density at radius 2 is 1.36 bits per heavy atom. The Balaban J connectivity index is -0.000000654. The van der Waals surface area contributed by atoms with Crippen LogP contribution in [0.4, 0.5) is 0 Å². The summed E-state index contributed by atoms with van der Waals surface area (Å²) in [5.41, 5.74) is 23.6. The average Bonchev–Trinajstić information content (AvgIpc) is 3.03. The van der Waals surface area contributed by atoms with Gasteiger partial charge in [-0.3, -0.25) is 19.3 Å². The van der Waals surface area contributed by atoms with Gasteiger partial charge in [-0.1, -0.05) is 50.1 Å². The quantitative estimate of drug-likeness (QED) is 0.0633. The Bertz CT molecular complexity index is 855. The van der Waals surface area contributed by atoms with Crippen LogP contribution in [0.2, 0.25) is 0 Å². The molecule has 0 aliphatic rings. The highest BCUT2D eigenvalue weighted by Crippen LogP contribution is 2.07. The van der Waals surface area contributed by atoms with Crippen molar-refractivity contribution >= 4 is 17.7 Å². The third-order valence-corrected chi connectivity index (χ3v) is 5.96. The lowest BCUT2D eigenvalue weighted by Gasteiger charge is -2.25. The van der Waals surface area contributed by atoms with Crippen molar-refractivity contribution in [2.75, 3.05) is 52.4 Å². The molecule has 0 aromatic rings. The Hall–Kier alpha value is -3.07. The van der Waals surface area contributed by atoms with Gasteiger partial charge in [-0.2, -0.15) is 0 Å². The van der Waals surface area contributed by atoms with Crippen LogP contribution in [0.25, 0.3) is 0 Å². The third kappa shape index (κ3) is 35.6. The van der Waals surface area contributed by atoms with Gasteiger partial charge in [0, 0.05) is 39.3 Å². The molecule has 47 heavy (non-hydrogen) atoms. The largest absolute Gasteiger partial charge is 0.513 e. The van der Waals surface area contributed by atoms with Crippen molar-refractivity contribution < 1.29 is 24.6 Å². The fraction of sp³-hybridized carbons (Fsp3) is 0.676. The molecular weight excluding hydrogens is 600 g/mol. The molecule has 0 fully saturated rings. The summed E-state index contributed by atoms with van der Waals surface area (Å²) in [6.45, 7) is 22.0. The van der Waals surface area contributed by atoms with Crippen molar-refractivity contribution in [3.8, 4) is 0 Å². The van der Waals surface area contributed by atoms with E-state index in [1.165, 1.54) is 12.5 Å². The van der Waals surface area contributed by atoms with E-state index in [0.29, 0.717) is 77.3 Å². The standard InChI is InChI=1S/C24H48N8O3.C4H8O.C3H6O.C3H8/c1-4-7-18(2)8-5-9-20(23(34)29-14-17-32(15-12-26)16-13-27)31-24(35)21(10-6-11-25)30-22(33)19(3)28;1-3-4(2)5;1-2-3-4;1-3-2/h4,8,19-21H,1,5-7,9-17,25-28H2,2-3H3,(H,29,34)(H,30,33)(H,31,35);3,5H,1-2H3;2,4H,1,3H2;3H2,1-2H3/b18-8+;4-3+;;/t19?,20?,21-;;;/m0.../s1. The Morgan fingerprint density at radius 1 is 0.872 bits per heavy atom. The van der Waals surface area contributed by atoms with Crippen molar-refractivity contribution in [3.63, 3.8) is 0 Å². The summed E-state index contributed by atoms with van der Waals surface area (Å²) in [7, 11) is 0. The molecule has 0 aromatic heterocycles. The minimum Gasteiger partial charge on any atom is -0.513 e. The Labute approximate surface area is 285 Å². The van der Waals surface area contributed by atoms with Crippen molar-refractivity contribution in [2.24, 2.45) is 22.9 Å². The highest BCUT2D eigenvalue weighted by Gasteiger charge is 2.27. The minimum atomic E-state index is -0.824. The second kappa shape index (κ2) is 37.4. The van der Waals surface area contributed by atoms with Crippen molar-refractivity contribution in [3.05, 3.63) is 48.8 Å². The number of nitrogens with zero attached hydrogens (tertiary/aromatic N) is 1. The lowest BCUT2D eigenvalue weighted by atomic mass is 10.1. The second-order valence-corrected chi connectivity index (χ2v) is 10.8. The van der Waals surface area contributed by atoms with Gasteiger partial charge in [-0.05, 0) is 66.3 Å². The summed E-state index contributed by atoms with van der Waals surface area (Å²) >= 11 is 0. The van der Waals surface area contributed by atoms with Crippen LogP contribution >= 0.6 is 0 Å². The fourth-order valence-electron chi connectivity index (χ4n) is 3.40. The monoisotopic (exact) mass is 671 g/mol. The number of allylic oxidation sites excluding steroid dienone is 5. The average molecular weight is 671 g/mol. The van der Waals surface area contributed by atoms with Gasteiger partial charge in [0.25, 0.3) is 0 Å². The number of hydrogen-bond acceptors (Lipinski definition) is 10. The molecule has 13 nitrogen and oxygen atoms in total. The molecular formula is C34H70N8O5. The van der Waals surface area contributed by atoms with Crippen molar-refractivity contribution in [2.45, 2.75) is 98.2 Å². The zero-order chi connectivity index (χ0) is 37.0. The smallest absolute Gasteiger partial charge is 0.243 e. The molecule has 0 aliphatic carbocycles. The number of amides is 3. The molecule has 0 saturated carbocycles. The van der Waals surface area contributed by atoms with Gasteiger partial charge in [0.05, 0.1) is 18.4 Å². The molecule has 0 aliphatic heterocycles. The molecule has 0 saturated heterocycles. The Morgan fingerprint density at radius 3 is 1.77 bits per heavy atom. The van der Waals surface area contributed by atoms with Crippen molar-refractivity contribution in [1.82, 2.24) is 20.9 Å². The van der Waals surface area contributed by atoms with Gasteiger partial charge in [0.15, 0.2) is 0 Å². The lowest BCUT2D eigenvalue weighted by Crippen LogP contribution is -2.55. The topological polar surface area (TPSA) is 235 Å². The molecule has 3 amide bonds. The highest BCUT2D eigenvalue weighted by atomic mass is 16.3. The van der Waals surface area contributed by atoms with E-state index in [9.17, 15) is 14.4 Å². The Kier molecular flexibility index (Phi) is 40.4. The van der Waals surface area contributed by atoms with E-state index in [4.69, 9.17) is 33.1 Å². The van der Waals surface area contributed by atoms with E-state index >= 15 is 0 Å². The van der Waals surface area contributed by atoms with Crippen LogP contribution in [0.3, 0.4) is 0 Å². The number of aliphatic hydroxyl groups is 2. The summed E-state index contributed by atoms with van der Waals surface area (Å²) in [6.07, 6.45) is 10.8. The molecule has 0 bridgehead atoms. The molecule has 2 unspecified atom stereocenters. The predicted molar refractivity (Wildman–Crippen MR) is 196 cm³/mol. The highest BCUT2D eigenvalue weighted by molar-refractivity contribution is 5.92. The minimum absolute atomic E-state index is 0.0833. The molecule has 13 N–H and O–H groups in total. The summed E-state index contributed by atoms with van der Waals surface area (Å²) < 4.78 is 0. The zero-order valence-corrected chi connectivity index (χ0v) is 30.2. The molecule has 276 valence electrons. The maximum absolute atomic E-state index is 13.0. The SMILES string of the molecule is C/C=C(\C)O.C=CC/C(C)=C/CCC(NC(=O)[C@H](CCCN)NC(=O)C(C)N)C(=O)NCCN(CCN)CCN.C=CCO.CCC. The van der Waals surface area contributed by atoms with Gasteiger partial charge < -0.3 is 49.1 Å². The number of carbonyl (C=O) groups excluding carboxylic acids is 3. The number of carbonyl (C=O) groups is 3. The molecule has 0 radical (unpaired) electrons. The normalized spacial score (nSPS) is 12.8. The number of hydrogen-bond donors (Lipinski definition) is 9. The molecule has 0 rings (SSSR count). The van der Waals surface area contributed by atoms with Crippen LogP contribution in [0.15, 0.2) is 48.8 Å². The van der Waals surface area contributed by atoms with E-state index in [-0.39, 0.29) is 12.5 Å². The van der Waals surface area contributed by atoms with Crippen LogP contribution in [0.5, 0.6) is 0 Å². The van der Waals surface area contributed by atoms with Crippen LogP contribution in [0, 0.1) is 0 Å². The van der Waals surface area contributed by atoms with E-state index < -0.39 is 29.9 Å². The van der Waals surface area contributed by atoms with Crippen LogP contribution in [-0.4, -0.2) is 103 Å². The van der Waals surface area contributed by atoms with E-state index in [1.54, 1.807) is 26.8 Å². The molecule has 0 heterocycles. The predicted octanol–water partition coefficient (Wildman–Crippen LogP) is 1.73. The van der Waals surface area contributed by atoms with Gasteiger partial charge in [0.2, 0.25) is 17.7 Å². The van der Waals surface area contributed by atoms with Gasteiger partial charge in [-0.25, -0.2) is 0 Å². The summed E-state index contributed by atoms with van der Waals surface area (Å²) in [4.78, 5) is 40.2. The van der Waals surface area contributed by atoms with E-state index in [0.717, 1.165) is 12.0 Å². The van der Waals surface area contributed by atoms with Gasteiger partial charge in [-0.15, -0.1) is 13.2 Å². The fourth-order valence-corrected chi connectivity index (χ4v) is 3.40. The second-order valence-electron chi connectivity index (χ2n) is 10.8.